The summed E-state index contributed by atoms with van der Waals surface area (Å²) in [5, 5.41) is -0.324. The highest BCUT2D eigenvalue weighted by Crippen LogP contribution is 2.38. The highest BCUT2D eigenvalue weighted by atomic mass is 35.5. The second kappa shape index (κ2) is 9.34. The fourth-order valence-corrected chi connectivity index (χ4v) is 4.11. The summed E-state index contributed by atoms with van der Waals surface area (Å²) < 4.78 is 45.7. The first-order chi connectivity index (χ1) is 14.9. The van der Waals surface area contributed by atoms with Crippen LogP contribution in [0.3, 0.4) is 0 Å². The fraction of sp³-hybridized carbons (Fsp3) is 0.304. The zero-order valence-corrected chi connectivity index (χ0v) is 17.4. The standard InChI is InChI=1S/C23H21ClF3N3O/c24-20-6-5-17(13-19(20)23(25,26)27)22-16(3-2-8-29-22)14-21(18-4-1-7-28-15-18)30-9-11-31-12-10-30/h1-8,13,15,21H,9-12,14H2. The molecule has 0 aliphatic carbocycles. The van der Waals surface area contributed by atoms with Gasteiger partial charge in [0.2, 0.25) is 0 Å². The van der Waals surface area contributed by atoms with Gasteiger partial charge in [0.25, 0.3) is 0 Å². The number of nitrogens with zero attached hydrogens (tertiary/aromatic N) is 3. The number of halogens is 4. The molecule has 0 N–H and O–H groups in total. The molecule has 1 aliphatic heterocycles. The average Bonchev–Trinajstić information content (AvgIpc) is 2.78. The molecule has 31 heavy (non-hydrogen) atoms. The van der Waals surface area contributed by atoms with Crippen molar-refractivity contribution in [3.63, 3.8) is 0 Å². The van der Waals surface area contributed by atoms with Crippen LogP contribution in [0.2, 0.25) is 5.02 Å². The Morgan fingerprint density at radius 2 is 1.84 bits per heavy atom. The maximum Gasteiger partial charge on any atom is 0.417 e. The normalized spacial score (nSPS) is 16.3. The number of pyridine rings is 2. The summed E-state index contributed by atoms with van der Waals surface area (Å²) in [5.74, 6) is 0. The quantitative estimate of drug-likeness (QED) is 0.522. The lowest BCUT2D eigenvalue weighted by molar-refractivity contribution is -0.137. The van der Waals surface area contributed by atoms with Gasteiger partial charge in [0.1, 0.15) is 0 Å². The van der Waals surface area contributed by atoms with E-state index in [1.807, 2.05) is 24.4 Å². The molecule has 1 aromatic carbocycles. The molecule has 0 saturated carbocycles. The minimum Gasteiger partial charge on any atom is -0.379 e. The number of morpholine rings is 1. The molecular weight excluding hydrogens is 427 g/mol. The van der Waals surface area contributed by atoms with E-state index in [1.54, 1.807) is 24.5 Å². The summed E-state index contributed by atoms with van der Waals surface area (Å²) in [5.41, 5.74) is 1.95. The van der Waals surface area contributed by atoms with Crippen LogP contribution in [0.25, 0.3) is 11.3 Å². The number of ether oxygens (including phenoxy) is 1. The van der Waals surface area contributed by atoms with Crippen LogP contribution >= 0.6 is 11.6 Å². The van der Waals surface area contributed by atoms with E-state index in [2.05, 4.69) is 14.9 Å². The van der Waals surface area contributed by atoms with Gasteiger partial charge in [-0.25, -0.2) is 0 Å². The van der Waals surface area contributed by atoms with Gasteiger partial charge in [0.05, 0.1) is 29.5 Å². The largest absolute Gasteiger partial charge is 0.417 e. The first-order valence-electron chi connectivity index (χ1n) is 9.96. The molecule has 2 aromatic heterocycles. The van der Waals surface area contributed by atoms with Gasteiger partial charge in [0, 0.05) is 43.3 Å². The third-order valence-corrected chi connectivity index (χ3v) is 5.73. The second-order valence-electron chi connectivity index (χ2n) is 7.36. The number of aromatic nitrogens is 2. The summed E-state index contributed by atoms with van der Waals surface area (Å²) in [6.07, 6.45) is 1.20. The number of rotatable bonds is 5. The summed E-state index contributed by atoms with van der Waals surface area (Å²) in [7, 11) is 0. The Bertz CT molecular complexity index is 1020. The van der Waals surface area contributed by atoms with Crippen molar-refractivity contribution in [1.29, 1.82) is 0 Å². The average molecular weight is 448 g/mol. The van der Waals surface area contributed by atoms with E-state index >= 15 is 0 Å². The molecule has 3 aromatic rings. The Kier molecular flexibility index (Phi) is 6.55. The maximum atomic E-state index is 13.4. The Hall–Kier alpha value is -2.48. The predicted octanol–water partition coefficient (Wildman–Crippen LogP) is 5.43. The van der Waals surface area contributed by atoms with E-state index in [9.17, 15) is 13.2 Å². The zero-order valence-electron chi connectivity index (χ0n) is 16.6. The van der Waals surface area contributed by atoms with Crippen molar-refractivity contribution in [2.24, 2.45) is 0 Å². The van der Waals surface area contributed by atoms with E-state index in [0.717, 1.165) is 30.3 Å². The molecule has 162 valence electrons. The van der Waals surface area contributed by atoms with E-state index in [4.69, 9.17) is 16.3 Å². The van der Waals surface area contributed by atoms with Gasteiger partial charge >= 0.3 is 6.18 Å². The van der Waals surface area contributed by atoms with Crippen molar-refractivity contribution in [1.82, 2.24) is 14.9 Å². The Morgan fingerprint density at radius 3 is 2.55 bits per heavy atom. The molecule has 3 heterocycles. The van der Waals surface area contributed by atoms with Crippen LogP contribution in [0.15, 0.2) is 61.1 Å². The third-order valence-electron chi connectivity index (χ3n) is 5.41. The van der Waals surface area contributed by atoms with Gasteiger partial charge in [-0.1, -0.05) is 29.8 Å². The van der Waals surface area contributed by atoms with Crippen LogP contribution in [-0.2, 0) is 17.3 Å². The van der Waals surface area contributed by atoms with Crippen molar-refractivity contribution in [2.45, 2.75) is 18.6 Å². The monoisotopic (exact) mass is 447 g/mol. The molecule has 1 unspecified atom stereocenters. The molecule has 0 bridgehead atoms. The zero-order chi connectivity index (χ0) is 21.8. The molecular formula is C23H21ClF3N3O. The van der Waals surface area contributed by atoms with Crippen molar-refractivity contribution >= 4 is 11.6 Å². The van der Waals surface area contributed by atoms with Gasteiger partial charge in [-0.3, -0.25) is 14.9 Å². The lowest BCUT2D eigenvalue weighted by atomic mass is 9.94. The summed E-state index contributed by atoms with van der Waals surface area (Å²) in [6, 6.07) is 11.6. The van der Waals surface area contributed by atoms with Crippen LogP contribution in [0.4, 0.5) is 13.2 Å². The molecule has 8 heteroatoms. The maximum absolute atomic E-state index is 13.4. The molecule has 4 nitrogen and oxygen atoms in total. The Labute approximate surface area is 183 Å². The fourth-order valence-electron chi connectivity index (χ4n) is 3.88. The Balaban J connectivity index is 1.72. The van der Waals surface area contributed by atoms with E-state index in [-0.39, 0.29) is 11.1 Å². The molecule has 1 fully saturated rings. The highest BCUT2D eigenvalue weighted by Gasteiger charge is 2.34. The molecule has 0 amide bonds. The summed E-state index contributed by atoms with van der Waals surface area (Å²) in [4.78, 5) is 11.0. The van der Waals surface area contributed by atoms with Gasteiger partial charge < -0.3 is 4.74 Å². The number of hydrogen-bond acceptors (Lipinski definition) is 4. The third kappa shape index (κ3) is 5.06. The van der Waals surface area contributed by atoms with Gasteiger partial charge in [-0.15, -0.1) is 0 Å². The van der Waals surface area contributed by atoms with Gasteiger partial charge in [-0.05, 0) is 41.8 Å². The van der Waals surface area contributed by atoms with Crippen molar-refractivity contribution in [2.75, 3.05) is 26.3 Å². The van der Waals surface area contributed by atoms with E-state index in [0.29, 0.717) is 30.9 Å². The molecule has 0 spiro atoms. The topological polar surface area (TPSA) is 38.2 Å². The summed E-state index contributed by atoms with van der Waals surface area (Å²) >= 11 is 5.81. The van der Waals surface area contributed by atoms with Crippen LogP contribution < -0.4 is 0 Å². The van der Waals surface area contributed by atoms with Crippen molar-refractivity contribution < 1.29 is 17.9 Å². The number of alkyl halides is 3. The first kappa shape index (κ1) is 21.7. The smallest absolute Gasteiger partial charge is 0.379 e. The SMILES string of the molecule is FC(F)(F)c1cc(-c2ncccc2CC(c2cccnc2)N2CCOCC2)ccc1Cl. The minimum absolute atomic E-state index is 0.00920. The molecule has 4 rings (SSSR count). The van der Waals surface area contributed by atoms with Crippen molar-refractivity contribution in [3.05, 3.63) is 82.8 Å². The van der Waals surface area contributed by atoms with Crippen LogP contribution in [-0.4, -0.2) is 41.2 Å². The molecule has 1 atom stereocenters. The van der Waals surface area contributed by atoms with Gasteiger partial charge in [0.15, 0.2) is 0 Å². The highest BCUT2D eigenvalue weighted by molar-refractivity contribution is 6.31. The van der Waals surface area contributed by atoms with E-state index in [1.165, 1.54) is 6.07 Å². The van der Waals surface area contributed by atoms with Gasteiger partial charge in [-0.2, -0.15) is 13.2 Å². The molecule has 1 saturated heterocycles. The second-order valence-corrected chi connectivity index (χ2v) is 7.77. The molecule has 0 radical (unpaired) electrons. The van der Waals surface area contributed by atoms with Crippen LogP contribution in [0.5, 0.6) is 0 Å². The molecule has 1 aliphatic rings. The number of hydrogen-bond donors (Lipinski definition) is 0. The minimum atomic E-state index is -4.53. The van der Waals surface area contributed by atoms with Crippen LogP contribution in [0.1, 0.15) is 22.7 Å². The van der Waals surface area contributed by atoms with Crippen molar-refractivity contribution in [3.8, 4) is 11.3 Å². The Morgan fingerprint density at radius 1 is 1.06 bits per heavy atom. The first-order valence-corrected chi connectivity index (χ1v) is 10.3. The number of benzene rings is 1. The van der Waals surface area contributed by atoms with Crippen LogP contribution in [0, 0.1) is 0 Å². The summed E-state index contributed by atoms with van der Waals surface area (Å²) in [6.45, 7) is 2.83. The lowest BCUT2D eigenvalue weighted by Gasteiger charge is -2.35. The predicted molar refractivity (Wildman–Crippen MR) is 113 cm³/mol. The van der Waals surface area contributed by atoms with E-state index < -0.39 is 11.7 Å². The lowest BCUT2D eigenvalue weighted by Crippen LogP contribution is -2.40.